The second kappa shape index (κ2) is 4.70. The number of hydrogen-bond donors (Lipinski definition) is 1. The SMILES string of the molecule is CNc1nc(Cl)nc2c1ncn2[C@@H]1CCCCO1. The predicted molar refractivity (Wildman–Crippen MR) is 68.7 cm³/mol. The molecule has 1 aliphatic heterocycles. The molecule has 96 valence electrons. The van der Waals surface area contributed by atoms with E-state index in [2.05, 4.69) is 20.3 Å². The minimum atomic E-state index is -0.000534. The minimum absolute atomic E-state index is 0.000534. The normalized spacial score (nSPS) is 20.2. The fourth-order valence-electron chi connectivity index (χ4n) is 2.22. The van der Waals surface area contributed by atoms with Crippen molar-refractivity contribution in [3.63, 3.8) is 0 Å². The lowest BCUT2D eigenvalue weighted by Gasteiger charge is -2.23. The molecule has 1 fully saturated rings. The van der Waals surface area contributed by atoms with Gasteiger partial charge in [0.1, 0.15) is 6.23 Å². The lowest BCUT2D eigenvalue weighted by Crippen LogP contribution is -2.17. The third-order valence-electron chi connectivity index (χ3n) is 3.10. The van der Waals surface area contributed by atoms with E-state index in [0.29, 0.717) is 11.5 Å². The Hall–Kier alpha value is -1.40. The third-order valence-corrected chi connectivity index (χ3v) is 3.27. The van der Waals surface area contributed by atoms with Crippen LogP contribution in [0.15, 0.2) is 6.33 Å². The van der Waals surface area contributed by atoms with Crippen molar-refractivity contribution >= 4 is 28.6 Å². The summed E-state index contributed by atoms with van der Waals surface area (Å²) >= 11 is 5.93. The van der Waals surface area contributed by atoms with Crippen molar-refractivity contribution in [3.05, 3.63) is 11.6 Å². The average Bonchev–Trinajstić information content (AvgIpc) is 2.82. The maximum Gasteiger partial charge on any atom is 0.226 e. The molecular formula is C11H14ClN5O. The Bertz CT molecular complexity index is 564. The summed E-state index contributed by atoms with van der Waals surface area (Å²) in [5, 5.41) is 3.19. The van der Waals surface area contributed by atoms with Crippen LogP contribution in [0.4, 0.5) is 5.82 Å². The maximum absolute atomic E-state index is 5.93. The van der Waals surface area contributed by atoms with E-state index in [0.717, 1.165) is 31.4 Å². The van der Waals surface area contributed by atoms with Crippen LogP contribution in [0.3, 0.4) is 0 Å². The van der Waals surface area contributed by atoms with Gasteiger partial charge in [-0.25, -0.2) is 4.98 Å². The summed E-state index contributed by atoms with van der Waals surface area (Å²) < 4.78 is 7.68. The average molecular weight is 268 g/mol. The molecule has 0 saturated carbocycles. The number of ether oxygens (including phenoxy) is 1. The highest BCUT2D eigenvalue weighted by atomic mass is 35.5. The van der Waals surface area contributed by atoms with Gasteiger partial charge in [-0.3, -0.25) is 4.57 Å². The van der Waals surface area contributed by atoms with E-state index in [4.69, 9.17) is 16.3 Å². The van der Waals surface area contributed by atoms with E-state index >= 15 is 0 Å². The van der Waals surface area contributed by atoms with Gasteiger partial charge >= 0.3 is 0 Å². The molecule has 2 aromatic heterocycles. The van der Waals surface area contributed by atoms with E-state index in [9.17, 15) is 0 Å². The van der Waals surface area contributed by atoms with Crippen molar-refractivity contribution in [3.8, 4) is 0 Å². The molecule has 0 amide bonds. The van der Waals surface area contributed by atoms with Gasteiger partial charge in [-0.15, -0.1) is 0 Å². The van der Waals surface area contributed by atoms with Gasteiger partial charge in [0.25, 0.3) is 0 Å². The molecule has 1 N–H and O–H groups in total. The summed E-state index contributed by atoms with van der Waals surface area (Å²) in [4.78, 5) is 12.7. The number of halogens is 1. The fourth-order valence-corrected chi connectivity index (χ4v) is 2.38. The summed E-state index contributed by atoms with van der Waals surface area (Å²) in [7, 11) is 1.79. The number of rotatable bonds is 2. The van der Waals surface area contributed by atoms with Gasteiger partial charge in [-0.2, -0.15) is 9.97 Å². The van der Waals surface area contributed by atoms with E-state index < -0.39 is 0 Å². The summed E-state index contributed by atoms with van der Waals surface area (Å²) in [5.74, 6) is 0.638. The van der Waals surface area contributed by atoms with Crippen LogP contribution < -0.4 is 5.32 Å². The van der Waals surface area contributed by atoms with Crippen LogP contribution >= 0.6 is 11.6 Å². The zero-order valence-electron chi connectivity index (χ0n) is 10.1. The van der Waals surface area contributed by atoms with E-state index in [-0.39, 0.29) is 11.5 Å². The van der Waals surface area contributed by atoms with E-state index in [1.54, 1.807) is 13.4 Å². The number of aromatic nitrogens is 4. The molecule has 7 heteroatoms. The molecule has 18 heavy (non-hydrogen) atoms. The van der Waals surface area contributed by atoms with Crippen molar-refractivity contribution in [1.29, 1.82) is 0 Å². The predicted octanol–water partition coefficient (Wildman–Crippen LogP) is 2.22. The number of nitrogens with zero attached hydrogens (tertiary/aromatic N) is 4. The summed E-state index contributed by atoms with van der Waals surface area (Å²) in [6.45, 7) is 0.780. The Balaban J connectivity index is 2.10. The second-order valence-electron chi connectivity index (χ2n) is 4.24. The van der Waals surface area contributed by atoms with Gasteiger partial charge in [0.2, 0.25) is 5.28 Å². The van der Waals surface area contributed by atoms with Crippen molar-refractivity contribution in [2.45, 2.75) is 25.5 Å². The van der Waals surface area contributed by atoms with Gasteiger partial charge in [0.05, 0.1) is 6.33 Å². The highest BCUT2D eigenvalue weighted by Gasteiger charge is 2.20. The van der Waals surface area contributed by atoms with Crippen molar-refractivity contribution in [1.82, 2.24) is 19.5 Å². The molecule has 1 saturated heterocycles. The second-order valence-corrected chi connectivity index (χ2v) is 4.57. The Morgan fingerprint density at radius 2 is 2.33 bits per heavy atom. The lowest BCUT2D eigenvalue weighted by atomic mass is 10.2. The molecule has 2 aromatic rings. The molecule has 1 atom stereocenters. The van der Waals surface area contributed by atoms with Gasteiger partial charge in [0, 0.05) is 13.7 Å². The zero-order valence-corrected chi connectivity index (χ0v) is 10.8. The van der Waals surface area contributed by atoms with Crippen LogP contribution in [0.1, 0.15) is 25.5 Å². The molecule has 0 aliphatic carbocycles. The number of anilines is 1. The van der Waals surface area contributed by atoms with Crippen LogP contribution in [-0.2, 0) is 4.74 Å². The number of imidazole rings is 1. The monoisotopic (exact) mass is 267 g/mol. The van der Waals surface area contributed by atoms with Gasteiger partial charge in [-0.05, 0) is 30.9 Å². The Labute approximate surface area is 109 Å². The molecule has 0 bridgehead atoms. The highest BCUT2D eigenvalue weighted by molar-refractivity contribution is 6.28. The molecule has 1 aliphatic rings. The highest BCUT2D eigenvalue weighted by Crippen LogP contribution is 2.28. The van der Waals surface area contributed by atoms with Gasteiger partial charge in [0.15, 0.2) is 17.0 Å². The first kappa shape index (κ1) is 11.7. The van der Waals surface area contributed by atoms with E-state index in [1.165, 1.54) is 0 Å². The molecule has 0 unspecified atom stereocenters. The minimum Gasteiger partial charge on any atom is -0.371 e. The topological polar surface area (TPSA) is 64.9 Å². The molecule has 6 nitrogen and oxygen atoms in total. The van der Waals surface area contributed by atoms with Crippen LogP contribution in [0.25, 0.3) is 11.2 Å². The van der Waals surface area contributed by atoms with Gasteiger partial charge in [-0.1, -0.05) is 0 Å². The number of hydrogen-bond acceptors (Lipinski definition) is 5. The molecule has 0 spiro atoms. The van der Waals surface area contributed by atoms with Crippen LogP contribution in [-0.4, -0.2) is 33.2 Å². The largest absolute Gasteiger partial charge is 0.371 e. The molecule has 3 heterocycles. The summed E-state index contributed by atoms with van der Waals surface area (Å²) in [6.07, 6.45) is 4.98. The van der Waals surface area contributed by atoms with Crippen molar-refractivity contribution in [2.24, 2.45) is 0 Å². The third kappa shape index (κ3) is 1.91. The van der Waals surface area contributed by atoms with Gasteiger partial charge < -0.3 is 10.1 Å². The molecule has 0 aromatic carbocycles. The smallest absolute Gasteiger partial charge is 0.226 e. The number of fused-ring (bicyclic) bond motifs is 1. The Kier molecular flexibility index (Phi) is 3.05. The van der Waals surface area contributed by atoms with E-state index in [1.807, 2.05) is 4.57 Å². The van der Waals surface area contributed by atoms with Crippen molar-refractivity contribution < 1.29 is 4.74 Å². The maximum atomic E-state index is 5.93. The first-order valence-corrected chi connectivity index (χ1v) is 6.37. The van der Waals surface area contributed by atoms with Crippen LogP contribution in [0, 0.1) is 0 Å². The van der Waals surface area contributed by atoms with Crippen LogP contribution in [0.2, 0.25) is 5.28 Å². The summed E-state index contributed by atoms with van der Waals surface area (Å²) in [5.41, 5.74) is 1.43. The van der Waals surface area contributed by atoms with Crippen molar-refractivity contribution in [2.75, 3.05) is 19.0 Å². The Morgan fingerprint density at radius 1 is 1.44 bits per heavy atom. The Morgan fingerprint density at radius 3 is 3.06 bits per heavy atom. The summed E-state index contributed by atoms with van der Waals surface area (Å²) in [6, 6.07) is 0. The molecule has 0 radical (unpaired) electrons. The zero-order chi connectivity index (χ0) is 12.5. The molecular weight excluding hydrogens is 254 g/mol. The first-order valence-electron chi connectivity index (χ1n) is 5.99. The fraction of sp³-hybridized carbons (Fsp3) is 0.545. The van der Waals surface area contributed by atoms with Crippen LogP contribution in [0.5, 0.6) is 0 Å². The number of nitrogens with one attached hydrogen (secondary N) is 1. The lowest BCUT2D eigenvalue weighted by molar-refractivity contribution is -0.0298. The quantitative estimate of drug-likeness (QED) is 0.845. The molecule has 3 rings (SSSR count). The standard InChI is InChI=1S/C11H14ClN5O/c1-13-9-8-10(16-11(12)15-9)17(6-14-8)7-4-2-3-5-18-7/h6-7H,2-5H2,1H3,(H,13,15,16)/t7-/m0/s1. The first-order chi connectivity index (χ1) is 8.79.